The number of halogens is 1. The summed E-state index contributed by atoms with van der Waals surface area (Å²) in [6, 6.07) is 7.62. The van der Waals surface area contributed by atoms with E-state index in [1.54, 1.807) is 28.4 Å². The lowest BCUT2D eigenvalue weighted by Gasteiger charge is -2.35. The Morgan fingerprint density at radius 3 is 2.64 bits per heavy atom. The van der Waals surface area contributed by atoms with Gasteiger partial charge in [-0.25, -0.2) is 9.18 Å². The molecule has 0 radical (unpaired) electrons. The second-order valence-corrected chi connectivity index (χ2v) is 10.3. The molecule has 8 heteroatoms. The third-order valence-corrected chi connectivity index (χ3v) is 8.21. The molecule has 2 fully saturated rings. The van der Waals surface area contributed by atoms with Gasteiger partial charge in [0.1, 0.15) is 17.9 Å². The second kappa shape index (κ2) is 8.89. The first-order valence-corrected chi connectivity index (χ1v) is 12.6. The number of urea groups is 1. The van der Waals surface area contributed by atoms with E-state index in [9.17, 15) is 18.8 Å². The lowest BCUT2D eigenvalue weighted by molar-refractivity contribution is -0.141. The van der Waals surface area contributed by atoms with Gasteiger partial charge < -0.3 is 10.2 Å². The standard InChI is InChI=1S/C25H28FN3O3S/c26-18-10-8-17(9-11-18)15-28(19-5-2-1-3-6-19)22(30)16-29-23(31)25(27-24(29)32)13-4-7-21-20(25)12-14-33-21/h8-12,14,19H,1-7,13,15-16H2,(H,27,32)/t25-/m0/s1. The van der Waals surface area contributed by atoms with Crippen molar-refractivity contribution in [1.82, 2.24) is 15.1 Å². The van der Waals surface area contributed by atoms with Crippen molar-refractivity contribution in [2.75, 3.05) is 6.54 Å². The summed E-state index contributed by atoms with van der Waals surface area (Å²) in [5, 5.41) is 4.88. The number of thiophene rings is 1. The number of imide groups is 1. The number of hydrogen-bond acceptors (Lipinski definition) is 4. The molecule has 2 heterocycles. The maximum absolute atomic E-state index is 13.5. The normalized spacial score (nSPS) is 23.0. The minimum Gasteiger partial charge on any atom is -0.334 e. The Labute approximate surface area is 196 Å². The fourth-order valence-corrected chi connectivity index (χ4v) is 6.51. The summed E-state index contributed by atoms with van der Waals surface area (Å²) in [7, 11) is 0. The maximum atomic E-state index is 13.5. The first kappa shape index (κ1) is 22.1. The SMILES string of the molecule is O=C1N[C@]2(CCCc3sccc32)C(=O)N1CC(=O)N(Cc1ccc(F)cc1)C1CCCCC1. The van der Waals surface area contributed by atoms with Crippen LogP contribution in [0.4, 0.5) is 9.18 Å². The van der Waals surface area contributed by atoms with Gasteiger partial charge in [0.25, 0.3) is 5.91 Å². The summed E-state index contributed by atoms with van der Waals surface area (Å²) in [6.45, 7) is 0.0663. The highest BCUT2D eigenvalue weighted by molar-refractivity contribution is 7.10. The van der Waals surface area contributed by atoms with Gasteiger partial charge in [0, 0.05) is 23.0 Å². The number of amides is 4. The highest BCUT2D eigenvalue weighted by atomic mass is 32.1. The van der Waals surface area contributed by atoms with Gasteiger partial charge in [-0.15, -0.1) is 11.3 Å². The van der Waals surface area contributed by atoms with Crippen molar-refractivity contribution in [2.45, 2.75) is 69.5 Å². The Balaban J connectivity index is 1.37. The minimum absolute atomic E-state index is 0.0594. The molecule has 3 aliphatic rings. The molecule has 1 aromatic carbocycles. The largest absolute Gasteiger partial charge is 0.334 e. The molecule has 6 nitrogen and oxygen atoms in total. The van der Waals surface area contributed by atoms with E-state index >= 15 is 0 Å². The van der Waals surface area contributed by atoms with Crippen LogP contribution >= 0.6 is 11.3 Å². The van der Waals surface area contributed by atoms with E-state index in [1.807, 2.05) is 11.4 Å². The first-order chi connectivity index (χ1) is 16.0. The summed E-state index contributed by atoms with van der Waals surface area (Å²) >= 11 is 1.61. The summed E-state index contributed by atoms with van der Waals surface area (Å²) in [4.78, 5) is 43.9. The molecule has 1 spiro atoms. The molecule has 1 aromatic heterocycles. The molecule has 0 unspecified atom stereocenters. The van der Waals surface area contributed by atoms with Gasteiger partial charge in [-0.3, -0.25) is 14.5 Å². The van der Waals surface area contributed by atoms with Crippen LogP contribution in [0.5, 0.6) is 0 Å². The number of nitrogens with zero attached hydrogens (tertiary/aromatic N) is 2. The molecule has 4 amide bonds. The molecule has 174 valence electrons. The summed E-state index contributed by atoms with van der Waals surface area (Å²) in [5.74, 6) is -0.891. The Bertz CT molecular complexity index is 1060. The molecule has 2 aromatic rings. The fourth-order valence-electron chi connectivity index (χ4n) is 5.51. The molecule has 1 saturated carbocycles. The lowest BCUT2D eigenvalue weighted by atomic mass is 9.80. The van der Waals surface area contributed by atoms with Gasteiger partial charge in [0.2, 0.25) is 5.91 Å². The van der Waals surface area contributed by atoms with Crippen LogP contribution in [-0.2, 0) is 28.1 Å². The van der Waals surface area contributed by atoms with Crippen molar-refractivity contribution in [3.05, 3.63) is 57.5 Å². The number of aryl methyl sites for hydroxylation is 1. The summed E-state index contributed by atoms with van der Waals surface area (Å²) in [5.41, 5.74) is 0.666. The Hall–Kier alpha value is -2.74. The molecular weight excluding hydrogens is 441 g/mol. The average molecular weight is 470 g/mol. The zero-order chi connectivity index (χ0) is 23.0. The highest BCUT2D eigenvalue weighted by Gasteiger charge is 2.54. The Morgan fingerprint density at radius 1 is 1.12 bits per heavy atom. The molecule has 1 atom stereocenters. The van der Waals surface area contributed by atoms with Crippen LogP contribution in [0.2, 0.25) is 0 Å². The van der Waals surface area contributed by atoms with Gasteiger partial charge in [-0.2, -0.15) is 0 Å². The number of rotatable bonds is 5. The average Bonchev–Trinajstić information content (AvgIpc) is 3.40. The van der Waals surface area contributed by atoms with Gasteiger partial charge in [0.15, 0.2) is 0 Å². The van der Waals surface area contributed by atoms with E-state index in [1.165, 1.54) is 12.1 Å². The topological polar surface area (TPSA) is 69.7 Å². The van der Waals surface area contributed by atoms with Crippen LogP contribution in [0, 0.1) is 5.82 Å². The first-order valence-electron chi connectivity index (χ1n) is 11.7. The fraction of sp³-hybridized carbons (Fsp3) is 0.480. The number of carbonyl (C=O) groups excluding carboxylic acids is 3. The van der Waals surface area contributed by atoms with E-state index in [-0.39, 0.29) is 30.2 Å². The minimum atomic E-state index is -1.04. The number of hydrogen-bond donors (Lipinski definition) is 1. The monoisotopic (exact) mass is 469 g/mol. The number of benzene rings is 1. The van der Waals surface area contributed by atoms with Crippen molar-refractivity contribution in [3.63, 3.8) is 0 Å². The smallest absolute Gasteiger partial charge is 0.325 e. The summed E-state index contributed by atoms with van der Waals surface area (Å²) < 4.78 is 13.4. The van der Waals surface area contributed by atoms with Crippen molar-refractivity contribution in [1.29, 1.82) is 0 Å². The van der Waals surface area contributed by atoms with E-state index in [4.69, 9.17) is 0 Å². The summed E-state index contributed by atoms with van der Waals surface area (Å²) in [6.07, 6.45) is 7.31. The maximum Gasteiger partial charge on any atom is 0.325 e. The third-order valence-electron chi connectivity index (χ3n) is 7.23. The van der Waals surface area contributed by atoms with E-state index in [2.05, 4.69) is 5.32 Å². The quantitative estimate of drug-likeness (QED) is 0.663. The van der Waals surface area contributed by atoms with E-state index in [0.717, 1.165) is 65.8 Å². The molecule has 2 aliphatic carbocycles. The van der Waals surface area contributed by atoms with Crippen molar-refractivity contribution >= 4 is 29.2 Å². The molecule has 5 rings (SSSR count). The van der Waals surface area contributed by atoms with E-state index in [0.29, 0.717) is 13.0 Å². The van der Waals surface area contributed by atoms with Gasteiger partial charge in [0.05, 0.1) is 0 Å². The Morgan fingerprint density at radius 2 is 1.88 bits per heavy atom. The van der Waals surface area contributed by atoms with Gasteiger partial charge >= 0.3 is 6.03 Å². The van der Waals surface area contributed by atoms with Gasteiger partial charge in [-0.05, 0) is 61.2 Å². The molecule has 33 heavy (non-hydrogen) atoms. The molecule has 1 N–H and O–H groups in total. The van der Waals surface area contributed by atoms with Crippen LogP contribution in [-0.4, -0.2) is 40.2 Å². The van der Waals surface area contributed by atoms with Crippen LogP contribution in [0.15, 0.2) is 35.7 Å². The molecule has 1 saturated heterocycles. The molecule has 0 bridgehead atoms. The Kier molecular flexibility index (Phi) is 5.95. The van der Waals surface area contributed by atoms with Crippen LogP contribution in [0.3, 0.4) is 0 Å². The molecule has 1 aliphatic heterocycles. The van der Waals surface area contributed by atoms with Crippen LogP contribution in [0.1, 0.15) is 60.9 Å². The second-order valence-electron chi connectivity index (χ2n) is 9.28. The van der Waals surface area contributed by atoms with E-state index < -0.39 is 11.6 Å². The third kappa shape index (κ3) is 4.05. The lowest BCUT2D eigenvalue weighted by Crippen LogP contribution is -2.49. The van der Waals surface area contributed by atoms with Crippen molar-refractivity contribution in [2.24, 2.45) is 0 Å². The van der Waals surface area contributed by atoms with Crippen LogP contribution in [0.25, 0.3) is 0 Å². The zero-order valence-electron chi connectivity index (χ0n) is 18.5. The predicted molar refractivity (Wildman–Crippen MR) is 123 cm³/mol. The number of fused-ring (bicyclic) bond motifs is 2. The zero-order valence-corrected chi connectivity index (χ0v) is 19.3. The van der Waals surface area contributed by atoms with Crippen LogP contribution < -0.4 is 5.32 Å². The van der Waals surface area contributed by atoms with Crippen molar-refractivity contribution < 1.29 is 18.8 Å². The van der Waals surface area contributed by atoms with Gasteiger partial charge in [-0.1, -0.05) is 31.4 Å². The highest BCUT2D eigenvalue weighted by Crippen LogP contribution is 2.42. The molecular formula is C25H28FN3O3S. The number of nitrogens with one attached hydrogen (secondary N) is 1. The predicted octanol–water partition coefficient (Wildman–Crippen LogP) is 4.33. The number of carbonyl (C=O) groups is 3. The van der Waals surface area contributed by atoms with Crippen molar-refractivity contribution in [3.8, 4) is 0 Å².